The number of nitrogens with one attached hydrogen (secondary N) is 1. The first-order chi connectivity index (χ1) is 15.9. The molecule has 8 heteroatoms. The summed E-state index contributed by atoms with van der Waals surface area (Å²) in [4.78, 5) is 14.9. The van der Waals surface area contributed by atoms with Crippen molar-refractivity contribution in [2.24, 2.45) is 0 Å². The Kier molecular flexibility index (Phi) is 6.93. The SMILES string of the molecule is O=C(CN(c1ccccc1)S(=O)(=O)c1ccc(F)cc1)NCCCN1CCc2ccccc21. The van der Waals surface area contributed by atoms with E-state index in [2.05, 4.69) is 22.3 Å². The zero-order chi connectivity index (χ0) is 23.3. The first kappa shape index (κ1) is 22.8. The van der Waals surface area contributed by atoms with Crippen LogP contribution in [0.2, 0.25) is 0 Å². The Morgan fingerprint density at radius 1 is 0.970 bits per heavy atom. The van der Waals surface area contributed by atoms with Crippen LogP contribution in [0, 0.1) is 5.82 Å². The molecule has 0 aliphatic carbocycles. The van der Waals surface area contributed by atoms with Gasteiger partial charge >= 0.3 is 0 Å². The maximum Gasteiger partial charge on any atom is 0.264 e. The Morgan fingerprint density at radius 3 is 2.42 bits per heavy atom. The Bertz CT molecular complexity index is 1200. The zero-order valence-electron chi connectivity index (χ0n) is 18.2. The lowest BCUT2D eigenvalue weighted by Crippen LogP contribution is -2.41. The number of carbonyl (C=O) groups excluding carboxylic acids is 1. The highest BCUT2D eigenvalue weighted by Gasteiger charge is 2.27. The van der Waals surface area contributed by atoms with Gasteiger partial charge in [-0.25, -0.2) is 12.8 Å². The molecule has 0 bridgehead atoms. The fraction of sp³-hybridized carbons (Fsp3) is 0.240. The molecule has 4 rings (SSSR count). The van der Waals surface area contributed by atoms with Crippen LogP contribution in [0.25, 0.3) is 0 Å². The minimum Gasteiger partial charge on any atom is -0.371 e. The lowest BCUT2D eigenvalue weighted by atomic mass is 10.2. The van der Waals surface area contributed by atoms with Crippen molar-refractivity contribution < 1.29 is 17.6 Å². The van der Waals surface area contributed by atoms with Crippen molar-refractivity contribution in [3.05, 3.63) is 90.2 Å². The van der Waals surface area contributed by atoms with Gasteiger partial charge in [0.1, 0.15) is 12.4 Å². The first-order valence-corrected chi connectivity index (χ1v) is 12.3. The molecular weight excluding hydrogens is 441 g/mol. The number of hydrogen-bond acceptors (Lipinski definition) is 4. The molecule has 172 valence electrons. The molecule has 0 fully saturated rings. The molecule has 0 saturated heterocycles. The highest BCUT2D eigenvalue weighted by atomic mass is 32.2. The van der Waals surface area contributed by atoms with Gasteiger partial charge in [-0.1, -0.05) is 36.4 Å². The number of hydrogen-bond donors (Lipinski definition) is 1. The predicted octanol–water partition coefficient (Wildman–Crippen LogP) is 3.59. The van der Waals surface area contributed by atoms with Gasteiger partial charge in [0, 0.05) is 25.3 Å². The molecule has 1 N–H and O–H groups in total. The van der Waals surface area contributed by atoms with E-state index < -0.39 is 21.7 Å². The smallest absolute Gasteiger partial charge is 0.264 e. The highest BCUT2D eigenvalue weighted by Crippen LogP contribution is 2.27. The monoisotopic (exact) mass is 467 g/mol. The number of amides is 1. The van der Waals surface area contributed by atoms with E-state index in [9.17, 15) is 17.6 Å². The van der Waals surface area contributed by atoms with Crippen LogP contribution < -0.4 is 14.5 Å². The van der Waals surface area contributed by atoms with Gasteiger partial charge < -0.3 is 10.2 Å². The molecular formula is C25H26FN3O3S. The van der Waals surface area contributed by atoms with Crippen LogP contribution in [0.15, 0.2) is 83.8 Å². The molecule has 6 nitrogen and oxygen atoms in total. The third-order valence-electron chi connectivity index (χ3n) is 5.64. The van der Waals surface area contributed by atoms with E-state index in [0.29, 0.717) is 12.2 Å². The van der Waals surface area contributed by atoms with Gasteiger partial charge in [0.05, 0.1) is 10.6 Å². The van der Waals surface area contributed by atoms with E-state index in [-0.39, 0.29) is 11.4 Å². The van der Waals surface area contributed by atoms with Gasteiger partial charge in [0.2, 0.25) is 5.91 Å². The molecule has 0 saturated carbocycles. The van der Waals surface area contributed by atoms with Gasteiger partial charge in [-0.3, -0.25) is 9.10 Å². The second-order valence-electron chi connectivity index (χ2n) is 7.87. The maximum atomic E-state index is 13.3. The van der Waals surface area contributed by atoms with E-state index in [4.69, 9.17) is 0 Å². The van der Waals surface area contributed by atoms with E-state index in [1.54, 1.807) is 30.3 Å². The Morgan fingerprint density at radius 2 is 1.67 bits per heavy atom. The van der Waals surface area contributed by atoms with Crippen molar-refractivity contribution >= 4 is 27.3 Å². The first-order valence-electron chi connectivity index (χ1n) is 10.9. The molecule has 1 aliphatic heterocycles. The fourth-order valence-electron chi connectivity index (χ4n) is 3.97. The van der Waals surface area contributed by atoms with E-state index in [1.807, 2.05) is 12.1 Å². The quantitative estimate of drug-likeness (QED) is 0.489. The molecule has 1 heterocycles. The van der Waals surface area contributed by atoms with Crippen LogP contribution in [0.3, 0.4) is 0 Å². The van der Waals surface area contributed by atoms with E-state index in [1.165, 1.54) is 23.4 Å². The van der Waals surface area contributed by atoms with Gasteiger partial charge in [-0.15, -0.1) is 0 Å². The van der Waals surface area contributed by atoms with Crippen molar-refractivity contribution in [2.75, 3.05) is 35.4 Å². The minimum absolute atomic E-state index is 0.0757. The van der Waals surface area contributed by atoms with Crippen LogP contribution in [0.4, 0.5) is 15.8 Å². The normalized spacial score (nSPS) is 12.9. The molecule has 3 aromatic carbocycles. The van der Waals surface area contributed by atoms with E-state index in [0.717, 1.165) is 42.4 Å². The summed E-state index contributed by atoms with van der Waals surface area (Å²) in [7, 11) is -4.05. The van der Waals surface area contributed by atoms with Crippen LogP contribution in [0.1, 0.15) is 12.0 Å². The summed E-state index contributed by atoms with van der Waals surface area (Å²) in [5, 5.41) is 2.83. The molecule has 1 amide bonds. The fourth-order valence-corrected chi connectivity index (χ4v) is 5.39. The molecule has 0 aromatic heterocycles. The van der Waals surface area contributed by atoms with Crippen LogP contribution in [-0.4, -0.2) is 40.5 Å². The topological polar surface area (TPSA) is 69.7 Å². The van der Waals surface area contributed by atoms with Crippen LogP contribution in [-0.2, 0) is 21.2 Å². The summed E-state index contributed by atoms with van der Waals surface area (Å²) in [6.07, 6.45) is 1.77. The summed E-state index contributed by atoms with van der Waals surface area (Å²) in [5.74, 6) is -0.926. The summed E-state index contributed by atoms with van der Waals surface area (Å²) >= 11 is 0. The number of sulfonamides is 1. The lowest BCUT2D eigenvalue weighted by Gasteiger charge is -2.24. The molecule has 0 unspecified atom stereocenters. The number of para-hydroxylation sites is 2. The maximum absolute atomic E-state index is 13.3. The Labute approximate surface area is 193 Å². The van der Waals surface area contributed by atoms with Gasteiger partial charge in [0.15, 0.2) is 0 Å². The van der Waals surface area contributed by atoms with Crippen LogP contribution >= 0.6 is 0 Å². The zero-order valence-corrected chi connectivity index (χ0v) is 19.0. The number of halogens is 1. The number of benzene rings is 3. The third-order valence-corrected chi connectivity index (χ3v) is 7.43. The van der Waals surface area contributed by atoms with Gasteiger partial charge in [-0.2, -0.15) is 0 Å². The minimum atomic E-state index is -4.05. The molecule has 0 radical (unpaired) electrons. The Balaban J connectivity index is 1.38. The van der Waals surface area contributed by atoms with Crippen LogP contribution in [0.5, 0.6) is 0 Å². The van der Waals surface area contributed by atoms with E-state index >= 15 is 0 Å². The predicted molar refractivity (Wildman–Crippen MR) is 127 cm³/mol. The van der Waals surface area contributed by atoms with Crippen molar-refractivity contribution in [1.29, 1.82) is 0 Å². The largest absolute Gasteiger partial charge is 0.371 e. The number of fused-ring (bicyclic) bond motifs is 1. The summed E-state index contributed by atoms with van der Waals surface area (Å²) in [6.45, 7) is 1.85. The summed E-state index contributed by atoms with van der Waals surface area (Å²) < 4.78 is 40.8. The number of carbonyl (C=O) groups is 1. The number of anilines is 2. The standard InChI is InChI=1S/C25H26FN3O3S/c26-21-11-13-23(14-12-21)33(31,32)29(22-8-2-1-3-9-22)19-25(30)27-16-6-17-28-18-15-20-7-4-5-10-24(20)28/h1-5,7-14H,6,15-19H2,(H,27,30). The average Bonchev–Trinajstić information content (AvgIpc) is 3.24. The van der Waals surface area contributed by atoms with Crippen molar-refractivity contribution in [1.82, 2.24) is 5.32 Å². The lowest BCUT2D eigenvalue weighted by molar-refractivity contribution is -0.119. The Hall–Kier alpha value is -3.39. The average molecular weight is 468 g/mol. The van der Waals surface area contributed by atoms with Crippen molar-refractivity contribution in [3.63, 3.8) is 0 Å². The number of rotatable bonds is 9. The van der Waals surface area contributed by atoms with Crippen molar-refractivity contribution in [3.8, 4) is 0 Å². The summed E-state index contributed by atoms with van der Waals surface area (Å²) in [5.41, 5.74) is 2.95. The van der Waals surface area contributed by atoms with Gasteiger partial charge in [0.25, 0.3) is 10.0 Å². The van der Waals surface area contributed by atoms with Crippen molar-refractivity contribution in [2.45, 2.75) is 17.7 Å². The second-order valence-corrected chi connectivity index (χ2v) is 9.73. The third kappa shape index (κ3) is 5.34. The summed E-state index contributed by atoms with van der Waals surface area (Å²) in [6, 6.07) is 21.3. The number of nitrogens with zero attached hydrogens (tertiary/aromatic N) is 2. The molecule has 3 aromatic rings. The highest BCUT2D eigenvalue weighted by molar-refractivity contribution is 7.92. The van der Waals surface area contributed by atoms with Gasteiger partial charge in [-0.05, 0) is 60.9 Å². The molecule has 0 spiro atoms. The second kappa shape index (κ2) is 10.0. The molecule has 33 heavy (non-hydrogen) atoms. The molecule has 0 atom stereocenters. The molecule has 1 aliphatic rings.